The van der Waals surface area contributed by atoms with E-state index in [0.717, 1.165) is 0 Å². The molecule has 0 aromatic rings. The van der Waals surface area contributed by atoms with Gasteiger partial charge in [0.25, 0.3) is 0 Å². The minimum atomic E-state index is -1.51. The maximum Gasteiger partial charge on any atom is 0.326 e. The summed E-state index contributed by atoms with van der Waals surface area (Å²) >= 11 is 3.93. The number of carboxylic acid groups (broad SMARTS) is 2. The van der Waals surface area contributed by atoms with Crippen LogP contribution in [-0.4, -0.2) is 75.7 Å². The van der Waals surface area contributed by atoms with Gasteiger partial charge in [-0.3, -0.25) is 24.0 Å². The molecule has 4 amide bonds. The summed E-state index contributed by atoms with van der Waals surface area (Å²) in [5.74, 6) is -7.05. The quantitative estimate of drug-likeness (QED) is 0.124. The van der Waals surface area contributed by atoms with Gasteiger partial charge in [-0.25, -0.2) is 4.79 Å². The van der Waals surface area contributed by atoms with Crippen LogP contribution in [0, 0.1) is 5.92 Å². The number of carbonyl (C=O) groups excluding carboxylic acids is 4. The first-order valence-corrected chi connectivity index (χ1v) is 9.97. The maximum atomic E-state index is 12.5. The van der Waals surface area contributed by atoms with Crippen LogP contribution in [-0.2, 0) is 28.8 Å². The number of rotatable bonds is 14. The van der Waals surface area contributed by atoms with Crippen molar-refractivity contribution in [2.45, 2.75) is 57.3 Å². The Morgan fingerprint density at radius 2 is 1.42 bits per heavy atom. The third kappa shape index (κ3) is 10.1. The molecule has 0 saturated heterocycles. The van der Waals surface area contributed by atoms with Crippen LogP contribution in [0.15, 0.2) is 0 Å². The highest BCUT2D eigenvalue weighted by molar-refractivity contribution is 7.80. The Bertz CT molecular complexity index is 704. The molecule has 176 valence electrons. The second kappa shape index (κ2) is 13.4. The van der Waals surface area contributed by atoms with Gasteiger partial charge < -0.3 is 37.6 Å². The van der Waals surface area contributed by atoms with Crippen LogP contribution in [0.5, 0.6) is 0 Å². The molecule has 5 atom stereocenters. The maximum absolute atomic E-state index is 12.5. The van der Waals surface area contributed by atoms with Crippen LogP contribution in [0.3, 0.4) is 0 Å². The lowest BCUT2D eigenvalue weighted by molar-refractivity contribution is -0.144. The van der Waals surface area contributed by atoms with Gasteiger partial charge in [-0.1, -0.05) is 20.3 Å². The van der Waals surface area contributed by atoms with Gasteiger partial charge in [-0.15, -0.1) is 0 Å². The summed E-state index contributed by atoms with van der Waals surface area (Å²) in [5.41, 5.74) is 10.5. The molecular weight excluding hydrogens is 434 g/mol. The number of thiol groups is 1. The van der Waals surface area contributed by atoms with Gasteiger partial charge in [-0.2, -0.15) is 12.6 Å². The highest BCUT2D eigenvalue weighted by Gasteiger charge is 2.32. The van der Waals surface area contributed by atoms with Crippen molar-refractivity contribution in [1.82, 2.24) is 16.0 Å². The lowest BCUT2D eigenvalue weighted by atomic mass is 9.98. The van der Waals surface area contributed by atoms with Gasteiger partial charge in [0.1, 0.15) is 18.1 Å². The van der Waals surface area contributed by atoms with Crippen LogP contribution in [0.1, 0.15) is 33.1 Å². The highest BCUT2D eigenvalue weighted by atomic mass is 32.1. The zero-order valence-electron chi connectivity index (χ0n) is 17.2. The number of aliphatic carboxylic acids is 2. The van der Waals surface area contributed by atoms with Crippen molar-refractivity contribution in [3.63, 3.8) is 0 Å². The first-order valence-electron chi connectivity index (χ1n) is 9.34. The molecule has 0 aromatic heterocycles. The molecule has 0 fully saturated rings. The molecule has 0 aromatic carbocycles. The Kier molecular flexibility index (Phi) is 12.2. The molecule has 9 N–H and O–H groups in total. The summed E-state index contributed by atoms with van der Waals surface area (Å²) in [4.78, 5) is 70.3. The fourth-order valence-electron chi connectivity index (χ4n) is 2.37. The van der Waals surface area contributed by atoms with Crippen LogP contribution in [0.2, 0.25) is 0 Å². The molecule has 0 bridgehead atoms. The second-order valence-corrected chi connectivity index (χ2v) is 7.25. The number of hydrogen-bond acceptors (Lipinski definition) is 8. The molecule has 14 heteroatoms. The Balaban J connectivity index is 5.34. The fraction of sp³-hybridized carbons (Fsp3) is 0.647. The molecule has 0 radical (unpaired) electrons. The minimum absolute atomic E-state index is 0.243. The topological polar surface area (TPSA) is 231 Å². The molecule has 0 aliphatic heterocycles. The average molecular weight is 464 g/mol. The molecule has 0 aliphatic rings. The van der Waals surface area contributed by atoms with Gasteiger partial charge in [-0.05, 0) is 5.92 Å². The molecule has 0 rings (SSSR count). The average Bonchev–Trinajstić information content (AvgIpc) is 2.67. The van der Waals surface area contributed by atoms with E-state index in [2.05, 4.69) is 28.6 Å². The van der Waals surface area contributed by atoms with E-state index >= 15 is 0 Å². The summed E-state index contributed by atoms with van der Waals surface area (Å²) in [6, 6.07) is -5.52. The third-order valence-corrected chi connectivity index (χ3v) is 4.73. The van der Waals surface area contributed by atoms with Gasteiger partial charge >= 0.3 is 11.9 Å². The van der Waals surface area contributed by atoms with E-state index in [-0.39, 0.29) is 5.75 Å². The monoisotopic (exact) mass is 463 g/mol. The molecule has 31 heavy (non-hydrogen) atoms. The van der Waals surface area contributed by atoms with Crippen molar-refractivity contribution >= 4 is 48.2 Å². The van der Waals surface area contributed by atoms with Crippen LogP contribution in [0.4, 0.5) is 0 Å². The standard InChI is InChI=1S/C17H29N5O8S/c1-3-7(2)13(17(29)30)22-15(27)9(5-11(19)23)20-16(28)10(6-31)21-14(26)8(18)4-12(24)25/h7-10,13,31H,3-6,18H2,1-2H3,(H2,19,23)(H,20,28)(H,21,26)(H,22,27)(H,24,25)(H,29,30). The number of amides is 4. The van der Waals surface area contributed by atoms with Crippen molar-refractivity contribution < 1.29 is 39.0 Å². The van der Waals surface area contributed by atoms with Gasteiger partial charge in [0.2, 0.25) is 23.6 Å². The van der Waals surface area contributed by atoms with Crippen molar-refractivity contribution in [1.29, 1.82) is 0 Å². The molecule has 0 saturated carbocycles. The first kappa shape index (κ1) is 28.1. The summed E-state index contributed by atoms with van der Waals surface area (Å²) in [5, 5.41) is 24.7. The highest BCUT2D eigenvalue weighted by Crippen LogP contribution is 2.09. The van der Waals surface area contributed by atoms with E-state index in [0.29, 0.717) is 6.42 Å². The Labute approximate surface area is 184 Å². The molecule has 0 spiro atoms. The number of primary amides is 1. The summed E-state index contributed by atoms with van der Waals surface area (Å²) in [6.45, 7) is 3.33. The summed E-state index contributed by atoms with van der Waals surface area (Å²) < 4.78 is 0. The SMILES string of the molecule is CCC(C)C(NC(=O)C(CC(N)=O)NC(=O)C(CS)NC(=O)C(N)CC(=O)O)C(=O)O. The lowest BCUT2D eigenvalue weighted by Gasteiger charge is -2.25. The van der Waals surface area contributed by atoms with Crippen LogP contribution in [0.25, 0.3) is 0 Å². The van der Waals surface area contributed by atoms with E-state index in [4.69, 9.17) is 16.6 Å². The van der Waals surface area contributed by atoms with Crippen LogP contribution >= 0.6 is 12.6 Å². The van der Waals surface area contributed by atoms with E-state index in [1.54, 1.807) is 13.8 Å². The molecule has 0 aliphatic carbocycles. The van der Waals surface area contributed by atoms with E-state index in [1.807, 2.05) is 0 Å². The van der Waals surface area contributed by atoms with Crippen molar-refractivity contribution in [2.75, 3.05) is 5.75 Å². The zero-order valence-corrected chi connectivity index (χ0v) is 18.1. The fourth-order valence-corrected chi connectivity index (χ4v) is 2.63. The molecule has 0 heterocycles. The number of carbonyl (C=O) groups is 6. The van der Waals surface area contributed by atoms with Crippen molar-refractivity contribution in [2.24, 2.45) is 17.4 Å². The number of carboxylic acids is 2. The second-order valence-electron chi connectivity index (χ2n) is 6.89. The van der Waals surface area contributed by atoms with Gasteiger partial charge in [0.05, 0.1) is 18.9 Å². The minimum Gasteiger partial charge on any atom is -0.481 e. The largest absolute Gasteiger partial charge is 0.481 e. The molecule has 13 nitrogen and oxygen atoms in total. The predicted octanol–water partition coefficient (Wildman–Crippen LogP) is -2.82. The van der Waals surface area contributed by atoms with Crippen LogP contribution < -0.4 is 27.4 Å². The third-order valence-electron chi connectivity index (χ3n) is 4.36. The number of nitrogens with one attached hydrogen (secondary N) is 3. The Hall–Kier alpha value is -2.87. The van der Waals surface area contributed by atoms with E-state index in [1.165, 1.54) is 0 Å². The van der Waals surface area contributed by atoms with Crippen molar-refractivity contribution in [3.8, 4) is 0 Å². The summed E-state index contributed by atoms with van der Waals surface area (Å²) in [6.07, 6.45) is -0.865. The normalized spacial score (nSPS) is 15.5. The molecular formula is C17H29N5O8S. The number of nitrogens with two attached hydrogens (primary N) is 2. The predicted molar refractivity (Wildman–Crippen MR) is 111 cm³/mol. The smallest absolute Gasteiger partial charge is 0.326 e. The van der Waals surface area contributed by atoms with E-state index < -0.39 is 78.5 Å². The summed E-state index contributed by atoms with van der Waals surface area (Å²) in [7, 11) is 0. The Morgan fingerprint density at radius 1 is 0.903 bits per heavy atom. The molecule has 5 unspecified atom stereocenters. The van der Waals surface area contributed by atoms with Crippen molar-refractivity contribution in [3.05, 3.63) is 0 Å². The Morgan fingerprint density at radius 3 is 1.84 bits per heavy atom. The zero-order chi connectivity index (χ0) is 24.3. The van der Waals surface area contributed by atoms with Gasteiger partial charge in [0, 0.05) is 5.75 Å². The van der Waals surface area contributed by atoms with E-state index in [9.17, 15) is 33.9 Å². The first-order chi connectivity index (χ1) is 14.3. The number of hydrogen-bond donors (Lipinski definition) is 8. The van der Waals surface area contributed by atoms with Gasteiger partial charge in [0.15, 0.2) is 0 Å². The lowest BCUT2D eigenvalue weighted by Crippen LogP contribution is -2.58.